The summed E-state index contributed by atoms with van der Waals surface area (Å²) in [6.45, 7) is 3.41. The van der Waals surface area contributed by atoms with E-state index in [0.717, 1.165) is 0 Å². The fourth-order valence-electron chi connectivity index (χ4n) is 3.46. The molecule has 7 heteroatoms. The van der Waals surface area contributed by atoms with E-state index in [-0.39, 0.29) is 74.9 Å². The molecule has 1 aromatic heterocycles. The number of carbonyl (C=O) groups is 2. The summed E-state index contributed by atoms with van der Waals surface area (Å²) in [5, 5.41) is 21.2. The van der Waals surface area contributed by atoms with Crippen LogP contribution in [-0.4, -0.2) is 39.0 Å². The number of aromatic nitrogens is 1. The van der Waals surface area contributed by atoms with Crippen LogP contribution >= 0.6 is 0 Å². The minimum atomic E-state index is -1.37. The minimum Gasteiger partial charge on any atom is -0.543 e. The zero-order chi connectivity index (χ0) is 15.3. The van der Waals surface area contributed by atoms with E-state index in [2.05, 4.69) is 4.98 Å². The number of β-lactam (4-membered cyclic amide) rings is 1. The van der Waals surface area contributed by atoms with E-state index in [1.165, 1.54) is 4.90 Å². The van der Waals surface area contributed by atoms with Crippen molar-refractivity contribution in [3.63, 3.8) is 0 Å². The Morgan fingerprint density at radius 1 is 1.50 bits per heavy atom. The fraction of sp³-hybridized carbons (Fsp3) is 0.400. The molecule has 0 bridgehead atoms. The van der Waals surface area contributed by atoms with Gasteiger partial charge in [0.2, 0.25) is 5.91 Å². The van der Waals surface area contributed by atoms with Gasteiger partial charge in [0.05, 0.1) is 29.7 Å². The van der Waals surface area contributed by atoms with Crippen molar-refractivity contribution < 1.29 is 71.2 Å². The van der Waals surface area contributed by atoms with Gasteiger partial charge in [0.15, 0.2) is 0 Å². The third kappa shape index (κ3) is 2.49. The molecule has 0 radical (unpaired) electrons. The molecule has 1 amide bonds. The SMILES string of the molecule is C[C@@H]1C(c2cccnc2)=C(C(=O)[O-])N2C(=O)[C@H]([C@@H](C)O)[C@@H]12.[K+]. The molecule has 2 aliphatic heterocycles. The molecule has 4 atom stereocenters. The van der Waals surface area contributed by atoms with Crippen LogP contribution in [0, 0.1) is 11.8 Å². The van der Waals surface area contributed by atoms with Crippen LogP contribution in [0.15, 0.2) is 30.2 Å². The Morgan fingerprint density at radius 3 is 2.68 bits per heavy atom. The van der Waals surface area contributed by atoms with Crippen LogP contribution in [0.2, 0.25) is 0 Å². The van der Waals surface area contributed by atoms with Crippen LogP contribution in [0.4, 0.5) is 0 Å². The molecule has 0 unspecified atom stereocenters. The number of fused-ring (bicyclic) bond motifs is 1. The van der Waals surface area contributed by atoms with Gasteiger partial charge < -0.3 is 19.9 Å². The molecule has 0 saturated carbocycles. The molecule has 0 aromatic carbocycles. The molecule has 22 heavy (non-hydrogen) atoms. The van der Waals surface area contributed by atoms with Crippen LogP contribution in [0.5, 0.6) is 0 Å². The second-order valence-corrected chi connectivity index (χ2v) is 5.55. The molecule has 6 nitrogen and oxygen atoms in total. The smallest absolute Gasteiger partial charge is 0.543 e. The average Bonchev–Trinajstić information content (AvgIpc) is 2.69. The number of amides is 1. The standard InChI is InChI=1S/C15H16N2O4.K/c1-7-10(9-4-3-5-16-6-9)13(15(20)21)17-12(7)11(8(2)18)14(17)19;/h3-8,11-12,18H,1-2H3,(H,20,21);/q;+1/p-1/t7-,8-,11-,12-;/m1./s1. The Morgan fingerprint density at radius 2 is 2.18 bits per heavy atom. The molecule has 110 valence electrons. The van der Waals surface area contributed by atoms with E-state index in [1.54, 1.807) is 31.5 Å². The number of carbonyl (C=O) groups excluding carboxylic acids is 2. The summed E-state index contributed by atoms with van der Waals surface area (Å²) in [6.07, 6.45) is 2.36. The van der Waals surface area contributed by atoms with Crippen molar-refractivity contribution >= 4 is 17.4 Å². The Kier molecular flexibility index (Phi) is 5.26. The molecule has 1 fully saturated rings. The number of carboxylic acid groups (broad SMARTS) is 1. The summed E-state index contributed by atoms with van der Waals surface area (Å²) in [7, 11) is 0. The molecular weight excluding hydrogens is 311 g/mol. The number of aliphatic hydroxyl groups is 1. The van der Waals surface area contributed by atoms with Crippen molar-refractivity contribution in [2.24, 2.45) is 11.8 Å². The minimum absolute atomic E-state index is 0. The van der Waals surface area contributed by atoms with Gasteiger partial charge in [-0.2, -0.15) is 0 Å². The summed E-state index contributed by atoms with van der Waals surface area (Å²) in [4.78, 5) is 28.9. The largest absolute Gasteiger partial charge is 1.00 e. The van der Waals surface area contributed by atoms with E-state index >= 15 is 0 Å². The van der Waals surface area contributed by atoms with Gasteiger partial charge in [-0.3, -0.25) is 9.78 Å². The van der Waals surface area contributed by atoms with Gasteiger partial charge in [-0.25, -0.2) is 0 Å². The zero-order valence-electron chi connectivity index (χ0n) is 12.7. The Labute approximate surface area is 170 Å². The number of nitrogens with zero attached hydrogens (tertiary/aromatic N) is 2. The van der Waals surface area contributed by atoms with Gasteiger partial charge in [-0.1, -0.05) is 13.0 Å². The molecule has 3 rings (SSSR count). The maximum Gasteiger partial charge on any atom is 1.00 e. The summed E-state index contributed by atoms with van der Waals surface area (Å²) >= 11 is 0. The number of aliphatic carboxylic acids is 1. The van der Waals surface area contributed by atoms with Gasteiger partial charge in [0, 0.05) is 18.3 Å². The topological polar surface area (TPSA) is 93.6 Å². The normalized spacial score (nSPS) is 27.9. The van der Waals surface area contributed by atoms with Crippen LogP contribution in [0.3, 0.4) is 0 Å². The third-order valence-electron chi connectivity index (χ3n) is 4.34. The van der Waals surface area contributed by atoms with Crippen molar-refractivity contribution in [1.82, 2.24) is 9.88 Å². The number of aliphatic hydroxyl groups excluding tert-OH is 1. The van der Waals surface area contributed by atoms with Crippen molar-refractivity contribution in [1.29, 1.82) is 0 Å². The second-order valence-electron chi connectivity index (χ2n) is 5.55. The Bertz CT molecular complexity index is 644. The van der Waals surface area contributed by atoms with E-state index in [0.29, 0.717) is 11.1 Å². The molecule has 3 heterocycles. The molecule has 1 N–H and O–H groups in total. The number of carboxylic acids is 1. The quantitative estimate of drug-likeness (QED) is 0.458. The van der Waals surface area contributed by atoms with Gasteiger partial charge in [-0.05, 0) is 24.1 Å². The maximum atomic E-state index is 12.1. The van der Waals surface area contributed by atoms with E-state index in [1.807, 2.05) is 6.92 Å². The first-order chi connectivity index (χ1) is 9.95. The Balaban J connectivity index is 0.00000176. The maximum absolute atomic E-state index is 12.1. The number of hydrogen-bond donors (Lipinski definition) is 1. The van der Waals surface area contributed by atoms with E-state index in [9.17, 15) is 19.8 Å². The van der Waals surface area contributed by atoms with Gasteiger partial charge in [-0.15, -0.1) is 0 Å². The number of rotatable bonds is 3. The van der Waals surface area contributed by atoms with Crippen molar-refractivity contribution in [3.05, 3.63) is 35.8 Å². The van der Waals surface area contributed by atoms with Gasteiger partial charge >= 0.3 is 51.4 Å². The predicted molar refractivity (Wildman–Crippen MR) is 71.1 cm³/mol. The molecule has 2 aliphatic rings. The third-order valence-corrected chi connectivity index (χ3v) is 4.34. The van der Waals surface area contributed by atoms with Gasteiger partial charge in [0.25, 0.3) is 0 Å². The average molecular weight is 326 g/mol. The molecule has 0 spiro atoms. The summed E-state index contributed by atoms with van der Waals surface area (Å²) < 4.78 is 0. The van der Waals surface area contributed by atoms with E-state index < -0.39 is 18.0 Å². The van der Waals surface area contributed by atoms with Crippen molar-refractivity contribution in [2.75, 3.05) is 0 Å². The van der Waals surface area contributed by atoms with Crippen LogP contribution in [0.25, 0.3) is 5.57 Å². The molecule has 1 saturated heterocycles. The number of hydrogen-bond acceptors (Lipinski definition) is 5. The first kappa shape index (κ1) is 17.8. The van der Waals surface area contributed by atoms with Crippen molar-refractivity contribution in [3.8, 4) is 0 Å². The molecular formula is C15H15KN2O4. The van der Waals surface area contributed by atoms with Crippen LogP contribution < -0.4 is 56.5 Å². The van der Waals surface area contributed by atoms with E-state index in [4.69, 9.17) is 0 Å². The summed E-state index contributed by atoms with van der Waals surface area (Å²) in [6, 6.07) is 3.14. The van der Waals surface area contributed by atoms with Crippen LogP contribution in [0.1, 0.15) is 19.4 Å². The first-order valence-electron chi connectivity index (χ1n) is 6.82. The monoisotopic (exact) mass is 326 g/mol. The van der Waals surface area contributed by atoms with Crippen molar-refractivity contribution in [2.45, 2.75) is 26.0 Å². The number of pyridine rings is 1. The summed E-state index contributed by atoms with van der Waals surface area (Å²) in [5.41, 5.74) is 1.11. The first-order valence-corrected chi connectivity index (χ1v) is 6.82. The van der Waals surface area contributed by atoms with Crippen LogP contribution in [-0.2, 0) is 9.59 Å². The Hall–Kier alpha value is -0.574. The fourth-order valence-corrected chi connectivity index (χ4v) is 3.46. The molecule has 0 aliphatic carbocycles. The zero-order valence-corrected chi connectivity index (χ0v) is 15.8. The summed E-state index contributed by atoms with van der Waals surface area (Å²) in [5.74, 6) is -2.50. The predicted octanol–water partition coefficient (Wildman–Crippen LogP) is -3.60. The van der Waals surface area contributed by atoms with Gasteiger partial charge in [0.1, 0.15) is 0 Å². The molecule has 1 aromatic rings. The second kappa shape index (κ2) is 6.50.